The maximum Gasteiger partial charge on any atom is 0.280 e. The molecule has 2 aliphatic rings. The maximum absolute atomic E-state index is 13.9. The molecule has 144 valence electrons. The molecule has 0 aliphatic carbocycles. The minimum atomic E-state index is -1.70. The molecule has 3 amide bonds. The monoisotopic (exact) mass is 389 g/mol. The van der Waals surface area contributed by atoms with E-state index in [1.165, 1.54) is 17.2 Å². The highest BCUT2D eigenvalue weighted by atomic mass is 19.2. The largest absolute Gasteiger partial charge is 0.338 e. The van der Waals surface area contributed by atoms with Crippen molar-refractivity contribution >= 4 is 17.7 Å². The minimum Gasteiger partial charge on any atom is -0.338 e. The molecular weight excluding hydrogens is 375 g/mol. The van der Waals surface area contributed by atoms with Crippen molar-refractivity contribution in [1.29, 1.82) is 0 Å². The number of pyridine rings is 1. The van der Waals surface area contributed by atoms with Gasteiger partial charge in [0.2, 0.25) is 0 Å². The first-order chi connectivity index (χ1) is 13.4. The van der Waals surface area contributed by atoms with Gasteiger partial charge in [-0.2, -0.15) is 0 Å². The van der Waals surface area contributed by atoms with Crippen LogP contribution in [0.25, 0.3) is 0 Å². The third-order valence-electron chi connectivity index (χ3n) is 5.06. The van der Waals surface area contributed by atoms with Crippen LogP contribution in [0.1, 0.15) is 44.0 Å². The van der Waals surface area contributed by atoms with E-state index in [2.05, 4.69) is 4.98 Å². The van der Waals surface area contributed by atoms with Crippen LogP contribution < -0.4 is 0 Å². The molecule has 1 fully saturated rings. The lowest BCUT2D eigenvalue weighted by Crippen LogP contribution is -2.48. The summed E-state index contributed by atoms with van der Waals surface area (Å²) in [6.07, 6.45) is 2.02. The molecule has 3 heterocycles. The van der Waals surface area contributed by atoms with Crippen molar-refractivity contribution in [2.45, 2.75) is 18.9 Å². The van der Waals surface area contributed by atoms with Gasteiger partial charge in [0.05, 0.1) is 11.1 Å². The van der Waals surface area contributed by atoms with Gasteiger partial charge in [0.25, 0.3) is 17.7 Å². The number of hydrogen-bond donors (Lipinski definition) is 0. The van der Waals surface area contributed by atoms with Crippen molar-refractivity contribution in [2.24, 2.45) is 0 Å². The van der Waals surface area contributed by atoms with Crippen molar-refractivity contribution < 1.29 is 27.6 Å². The van der Waals surface area contributed by atoms with E-state index >= 15 is 0 Å². The average Bonchev–Trinajstić information content (AvgIpc) is 2.97. The highest BCUT2D eigenvalue weighted by Crippen LogP contribution is 2.28. The van der Waals surface area contributed by atoms with Crippen LogP contribution in [-0.2, 0) is 0 Å². The van der Waals surface area contributed by atoms with Crippen LogP contribution in [0.15, 0.2) is 30.5 Å². The van der Waals surface area contributed by atoms with Crippen molar-refractivity contribution in [3.05, 3.63) is 64.7 Å². The van der Waals surface area contributed by atoms with Crippen LogP contribution in [0.3, 0.4) is 0 Å². The number of halogens is 3. The fourth-order valence-electron chi connectivity index (χ4n) is 3.60. The van der Waals surface area contributed by atoms with E-state index in [4.69, 9.17) is 0 Å². The molecule has 28 heavy (non-hydrogen) atoms. The highest BCUT2D eigenvalue weighted by Gasteiger charge is 2.42. The second-order valence-corrected chi connectivity index (χ2v) is 6.63. The molecule has 0 saturated carbocycles. The first-order valence-electron chi connectivity index (χ1n) is 8.66. The van der Waals surface area contributed by atoms with Gasteiger partial charge in [0.15, 0.2) is 17.5 Å². The zero-order valence-electron chi connectivity index (χ0n) is 14.5. The Labute approximate surface area is 157 Å². The van der Waals surface area contributed by atoms with Crippen LogP contribution >= 0.6 is 0 Å². The Hall–Kier alpha value is -3.23. The molecule has 1 aromatic carbocycles. The third kappa shape index (κ3) is 2.74. The summed E-state index contributed by atoms with van der Waals surface area (Å²) >= 11 is 0. The topological polar surface area (TPSA) is 70.6 Å². The minimum absolute atomic E-state index is 0.106. The van der Waals surface area contributed by atoms with Gasteiger partial charge in [-0.25, -0.2) is 13.2 Å². The van der Waals surface area contributed by atoms with Crippen LogP contribution in [0.5, 0.6) is 0 Å². The molecule has 1 aromatic heterocycles. The number of carbonyl (C=O) groups is 3. The third-order valence-corrected chi connectivity index (χ3v) is 5.06. The fraction of sp³-hybridized carbons (Fsp3) is 0.263. The summed E-state index contributed by atoms with van der Waals surface area (Å²) < 4.78 is 40.3. The number of piperidine rings is 1. The summed E-state index contributed by atoms with van der Waals surface area (Å²) in [5, 5.41) is 0. The Morgan fingerprint density at radius 2 is 1.71 bits per heavy atom. The van der Waals surface area contributed by atoms with Crippen molar-refractivity contribution in [3.8, 4) is 0 Å². The standard InChI is InChI=1S/C19H14F3N3O3/c20-13-4-3-11(14(21)15(13)22)17(26)24-8-5-10(6-9-24)25-18(27)12-2-1-7-23-16(12)19(25)28/h1-4,7,10H,5-6,8-9H2. The van der Waals surface area contributed by atoms with E-state index in [0.717, 1.165) is 11.0 Å². The Bertz CT molecular complexity index is 968. The van der Waals surface area contributed by atoms with Gasteiger partial charge in [-0.15, -0.1) is 0 Å². The van der Waals surface area contributed by atoms with E-state index in [1.807, 2.05) is 0 Å². The number of amides is 3. The number of fused-ring (bicyclic) bond motifs is 1. The van der Waals surface area contributed by atoms with Gasteiger partial charge < -0.3 is 4.90 Å². The Balaban J connectivity index is 1.47. The van der Waals surface area contributed by atoms with Crippen LogP contribution in [-0.4, -0.2) is 51.6 Å². The van der Waals surface area contributed by atoms with Gasteiger partial charge in [-0.3, -0.25) is 24.3 Å². The Morgan fingerprint density at radius 3 is 2.39 bits per heavy atom. The number of carbonyl (C=O) groups excluding carboxylic acids is 3. The summed E-state index contributed by atoms with van der Waals surface area (Å²) in [5.74, 6) is -6.26. The Morgan fingerprint density at radius 1 is 1.00 bits per heavy atom. The van der Waals surface area contributed by atoms with Gasteiger partial charge in [-0.05, 0) is 37.1 Å². The number of imide groups is 1. The quantitative estimate of drug-likeness (QED) is 0.584. The predicted octanol–water partition coefficient (Wildman–Crippen LogP) is 2.40. The summed E-state index contributed by atoms with van der Waals surface area (Å²) in [6.45, 7) is 0.283. The van der Waals surface area contributed by atoms with Crippen molar-refractivity contribution in [1.82, 2.24) is 14.8 Å². The molecule has 0 bridgehead atoms. The zero-order chi connectivity index (χ0) is 20.0. The smallest absolute Gasteiger partial charge is 0.280 e. The van der Waals surface area contributed by atoms with Gasteiger partial charge >= 0.3 is 0 Å². The molecule has 2 aromatic rings. The molecule has 0 spiro atoms. The highest BCUT2D eigenvalue weighted by molar-refractivity contribution is 6.20. The Kier molecular flexibility index (Phi) is 4.37. The number of aromatic nitrogens is 1. The van der Waals surface area contributed by atoms with E-state index in [9.17, 15) is 27.6 Å². The predicted molar refractivity (Wildman–Crippen MR) is 90.0 cm³/mol. The van der Waals surface area contributed by atoms with E-state index < -0.39 is 46.8 Å². The van der Waals surface area contributed by atoms with E-state index in [0.29, 0.717) is 18.9 Å². The lowest BCUT2D eigenvalue weighted by molar-refractivity contribution is 0.0476. The number of benzene rings is 1. The molecule has 1 saturated heterocycles. The summed E-state index contributed by atoms with van der Waals surface area (Å²) in [4.78, 5) is 43.9. The van der Waals surface area contributed by atoms with E-state index in [1.54, 1.807) is 6.07 Å². The molecular formula is C19H14F3N3O3. The fourth-order valence-corrected chi connectivity index (χ4v) is 3.60. The lowest BCUT2D eigenvalue weighted by atomic mass is 10.0. The summed E-state index contributed by atoms with van der Waals surface area (Å²) in [6, 6.07) is 4.29. The molecule has 6 nitrogen and oxygen atoms in total. The molecule has 0 N–H and O–H groups in total. The van der Waals surface area contributed by atoms with Crippen molar-refractivity contribution in [3.63, 3.8) is 0 Å². The molecule has 0 atom stereocenters. The maximum atomic E-state index is 13.9. The first-order valence-corrected chi connectivity index (χ1v) is 8.66. The molecule has 4 rings (SSSR count). The number of nitrogens with zero attached hydrogens (tertiary/aromatic N) is 3. The SMILES string of the molecule is O=C(c1ccc(F)c(F)c1F)N1CCC(N2C(=O)c3cccnc3C2=O)CC1. The van der Waals surface area contributed by atoms with E-state index in [-0.39, 0.29) is 24.3 Å². The van der Waals surface area contributed by atoms with Crippen LogP contribution in [0.4, 0.5) is 13.2 Å². The number of hydrogen-bond acceptors (Lipinski definition) is 4. The second kappa shape index (κ2) is 6.74. The van der Waals surface area contributed by atoms with Crippen LogP contribution in [0.2, 0.25) is 0 Å². The molecule has 0 unspecified atom stereocenters. The zero-order valence-corrected chi connectivity index (χ0v) is 14.5. The van der Waals surface area contributed by atoms with Crippen molar-refractivity contribution in [2.75, 3.05) is 13.1 Å². The van der Waals surface area contributed by atoms with Crippen LogP contribution in [0, 0.1) is 17.5 Å². The average molecular weight is 389 g/mol. The second-order valence-electron chi connectivity index (χ2n) is 6.63. The number of rotatable bonds is 2. The summed E-state index contributed by atoms with van der Waals surface area (Å²) in [5.41, 5.74) is -0.202. The molecule has 9 heteroatoms. The normalized spacial score (nSPS) is 17.2. The molecule has 2 aliphatic heterocycles. The molecule has 0 radical (unpaired) electrons. The van der Waals surface area contributed by atoms with Gasteiger partial charge in [-0.1, -0.05) is 0 Å². The summed E-state index contributed by atoms with van der Waals surface area (Å²) in [7, 11) is 0. The van der Waals surface area contributed by atoms with Gasteiger partial charge in [0.1, 0.15) is 5.69 Å². The first kappa shape index (κ1) is 18.1. The van der Waals surface area contributed by atoms with Gasteiger partial charge in [0, 0.05) is 25.3 Å². The number of likely N-dealkylation sites (tertiary alicyclic amines) is 1. The lowest BCUT2D eigenvalue weighted by Gasteiger charge is -2.35.